The number of thiazole rings is 1. The van der Waals surface area contributed by atoms with Crippen molar-refractivity contribution in [3.8, 4) is 0 Å². The van der Waals surface area contributed by atoms with Crippen LogP contribution < -0.4 is 11.1 Å². The first-order chi connectivity index (χ1) is 8.58. The van der Waals surface area contributed by atoms with Gasteiger partial charge in [-0.1, -0.05) is 18.3 Å². The van der Waals surface area contributed by atoms with Crippen molar-refractivity contribution in [2.45, 2.75) is 6.92 Å². The van der Waals surface area contributed by atoms with Gasteiger partial charge in [-0.2, -0.15) is 0 Å². The number of fused-ring (bicyclic) bond motifs is 1. The summed E-state index contributed by atoms with van der Waals surface area (Å²) in [6.07, 6.45) is 0. The number of benzene rings is 1. The molecule has 2 rings (SSSR count). The lowest BCUT2D eigenvalue weighted by Gasteiger charge is -2.11. The minimum atomic E-state index is -0.0496. The molecule has 0 aliphatic rings. The Hall–Kier alpha value is -1.66. The van der Waals surface area contributed by atoms with Crippen molar-refractivity contribution in [2.75, 3.05) is 31.2 Å². The lowest BCUT2D eigenvalue weighted by atomic mass is 10.3. The van der Waals surface area contributed by atoms with E-state index in [2.05, 4.69) is 10.3 Å². The average molecular weight is 264 g/mol. The molecular formula is C12H16N4OS. The smallest absolute Gasteiger partial charge is 0.240 e. The van der Waals surface area contributed by atoms with Gasteiger partial charge in [0, 0.05) is 5.69 Å². The minimum absolute atomic E-state index is 0.0496. The molecule has 1 amide bonds. The summed E-state index contributed by atoms with van der Waals surface area (Å²) in [7, 11) is 1.90. The fourth-order valence-corrected chi connectivity index (χ4v) is 2.44. The Kier molecular flexibility index (Phi) is 3.78. The van der Waals surface area contributed by atoms with E-state index >= 15 is 0 Å². The van der Waals surface area contributed by atoms with Crippen molar-refractivity contribution in [2.24, 2.45) is 0 Å². The first-order valence-electron chi connectivity index (χ1n) is 5.73. The number of aromatic nitrogens is 1. The van der Waals surface area contributed by atoms with E-state index in [4.69, 9.17) is 5.73 Å². The van der Waals surface area contributed by atoms with Gasteiger partial charge in [0.2, 0.25) is 5.91 Å². The molecule has 0 aliphatic heterocycles. The SMILES string of the molecule is CCN(C)CC(=O)Nc1nc2ccc(N)cc2s1. The van der Waals surface area contributed by atoms with Crippen LogP contribution >= 0.6 is 11.3 Å². The van der Waals surface area contributed by atoms with Gasteiger partial charge in [0.15, 0.2) is 5.13 Å². The lowest BCUT2D eigenvalue weighted by Crippen LogP contribution is -2.29. The normalized spacial score (nSPS) is 11.1. The average Bonchev–Trinajstić information content (AvgIpc) is 2.69. The summed E-state index contributed by atoms with van der Waals surface area (Å²) >= 11 is 1.43. The standard InChI is InChI=1S/C12H16N4OS/c1-3-16(2)7-11(17)15-12-14-9-5-4-8(13)6-10(9)18-12/h4-6H,3,7,13H2,1-2H3,(H,14,15,17). The first-order valence-corrected chi connectivity index (χ1v) is 6.54. The number of hydrogen-bond acceptors (Lipinski definition) is 5. The number of amides is 1. The van der Waals surface area contributed by atoms with Gasteiger partial charge < -0.3 is 11.1 Å². The number of nitrogens with zero attached hydrogens (tertiary/aromatic N) is 2. The Bertz CT molecular complexity index is 566. The van der Waals surface area contributed by atoms with Crippen molar-refractivity contribution in [3.05, 3.63) is 18.2 Å². The summed E-state index contributed by atoms with van der Waals surface area (Å²) in [6.45, 7) is 3.21. The monoisotopic (exact) mass is 264 g/mol. The van der Waals surface area contributed by atoms with Gasteiger partial charge in [-0.25, -0.2) is 4.98 Å². The molecule has 0 atom stereocenters. The number of carbonyl (C=O) groups is 1. The highest BCUT2D eigenvalue weighted by Gasteiger charge is 2.09. The van der Waals surface area contributed by atoms with Crippen LogP contribution in [0.1, 0.15) is 6.92 Å². The van der Waals surface area contributed by atoms with Crippen LogP contribution in [0.15, 0.2) is 18.2 Å². The van der Waals surface area contributed by atoms with E-state index < -0.39 is 0 Å². The van der Waals surface area contributed by atoms with Crippen LogP contribution in [0.2, 0.25) is 0 Å². The van der Waals surface area contributed by atoms with Gasteiger partial charge in [-0.3, -0.25) is 9.69 Å². The third-order valence-electron chi connectivity index (χ3n) is 2.61. The topological polar surface area (TPSA) is 71.2 Å². The summed E-state index contributed by atoms with van der Waals surface area (Å²) in [5.41, 5.74) is 7.26. The van der Waals surface area contributed by atoms with Gasteiger partial charge in [0.25, 0.3) is 0 Å². The Labute approximate surface area is 110 Å². The van der Waals surface area contributed by atoms with Crippen molar-refractivity contribution < 1.29 is 4.79 Å². The molecule has 0 unspecified atom stereocenters. The molecule has 0 saturated heterocycles. The molecule has 5 nitrogen and oxygen atoms in total. The summed E-state index contributed by atoms with van der Waals surface area (Å²) in [6, 6.07) is 5.52. The fraction of sp³-hybridized carbons (Fsp3) is 0.333. The van der Waals surface area contributed by atoms with Crippen LogP contribution in [0.3, 0.4) is 0 Å². The van der Waals surface area contributed by atoms with E-state index in [-0.39, 0.29) is 5.91 Å². The predicted molar refractivity (Wildman–Crippen MR) is 75.8 cm³/mol. The van der Waals surface area contributed by atoms with Gasteiger partial charge >= 0.3 is 0 Å². The molecular weight excluding hydrogens is 248 g/mol. The van der Waals surface area contributed by atoms with E-state index in [1.54, 1.807) is 6.07 Å². The minimum Gasteiger partial charge on any atom is -0.399 e. The molecule has 6 heteroatoms. The van der Waals surface area contributed by atoms with E-state index in [0.717, 1.165) is 16.8 Å². The third kappa shape index (κ3) is 2.96. The highest BCUT2D eigenvalue weighted by atomic mass is 32.1. The number of carbonyl (C=O) groups excluding carboxylic acids is 1. The number of nitrogens with one attached hydrogen (secondary N) is 1. The molecule has 1 aromatic heterocycles. The number of anilines is 2. The van der Waals surface area contributed by atoms with Gasteiger partial charge in [0.1, 0.15) is 0 Å². The Morgan fingerprint density at radius 1 is 1.56 bits per heavy atom. The van der Waals surface area contributed by atoms with Crippen molar-refractivity contribution in [1.82, 2.24) is 9.88 Å². The zero-order valence-corrected chi connectivity index (χ0v) is 11.3. The second-order valence-corrected chi connectivity index (χ2v) is 5.16. The van der Waals surface area contributed by atoms with E-state index in [9.17, 15) is 4.79 Å². The summed E-state index contributed by atoms with van der Waals surface area (Å²) in [4.78, 5) is 18.0. The first kappa shape index (κ1) is 12.8. The number of rotatable bonds is 4. The van der Waals surface area contributed by atoms with E-state index in [1.165, 1.54) is 11.3 Å². The Morgan fingerprint density at radius 3 is 3.06 bits per heavy atom. The lowest BCUT2D eigenvalue weighted by molar-refractivity contribution is -0.117. The van der Waals surface area contributed by atoms with E-state index in [0.29, 0.717) is 17.4 Å². The number of nitrogen functional groups attached to an aromatic ring is 1. The van der Waals surface area contributed by atoms with Crippen LogP contribution in [0, 0.1) is 0 Å². The summed E-state index contributed by atoms with van der Waals surface area (Å²) in [5, 5.41) is 3.42. The van der Waals surface area contributed by atoms with Crippen LogP contribution in [0.25, 0.3) is 10.2 Å². The number of hydrogen-bond donors (Lipinski definition) is 2. The molecule has 0 radical (unpaired) electrons. The largest absolute Gasteiger partial charge is 0.399 e. The highest BCUT2D eigenvalue weighted by Crippen LogP contribution is 2.27. The Balaban J connectivity index is 2.10. The Morgan fingerprint density at radius 2 is 2.33 bits per heavy atom. The molecule has 2 aromatic rings. The molecule has 0 fully saturated rings. The molecule has 0 saturated carbocycles. The number of likely N-dealkylation sites (N-methyl/N-ethyl adjacent to an activating group) is 1. The van der Waals surface area contributed by atoms with Crippen LogP contribution in [0.5, 0.6) is 0 Å². The van der Waals surface area contributed by atoms with Gasteiger partial charge in [-0.05, 0) is 31.8 Å². The molecule has 0 spiro atoms. The van der Waals surface area contributed by atoms with E-state index in [1.807, 2.05) is 31.0 Å². The van der Waals surface area contributed by atoms with Crippen LogP contribution in [0.4, 0.5) is 10.8 Å². The second-order valence-electron chi connectivity index (χ2n) is 4.12. The van der Waals surface area contributed by atoms with Crippen molar-refractivity contribution in [1.29, 1.82) is 0 Å². The maximum atomic E-state index is 11.7. The molecule has 3 N–H and O–H groups in total. The summed E-state index contributed by atoms with van der Waals surface area (Å²) in [5.74, 6) is -0.0496. The molecule has 1 heterocycles. The maximum absolute atomic E-state index is 11.7. The fourth-order valence-electron chi connectivity index (χ4n) is 1.51. The second kappa shape index (κ2) is 5.32. The highest BCUT2D eigenvalue weighted by molar-refractivity contribution is 7.22. The predicted octanol–water partition coefficient (Wildman–Crippen LogP) is 1.77. The molecule has 0 bridgehead atoms. The van der Waals surface area contributed by atoms with Gasteiger partial charge in [-0.15, -0.1) is 0 Å². The zero-order valence-electron chi connectivity index (χ0n) is 10.4. The summed E-state index contributed by atoms with van der Waals surface area (Å²) < 4.78 is 0.981. The van der Waals surface area contributed by atoms with Crippen molar-refractivity contribution >= 4 is 38.3 Å². The number of nitrogens with two attached hydrogens (primary N) is 1. The van der Waals surface area contributed by atoms with Crippen molar-refractivity contribution in [3.63, 3.8) is 0 Å². The van der Waals surface area contributed by atoms with Crippen LogP contribution in [-0.2, 0) is 4.79 Å². The van der Waals surface area contributed by atoms with Gasteiger partial charge in [0.05, 0.1) is 16.8 Å². The maximum Gasteiger partial charge on any atom is 0.240 e. The molecule has 1 aromatic carbocycles. The molecule has 96 valence electrons. The molecule has 18 heavy (non-hydrogen) atoms. The third-order valence-corrected chi connectivity index (χ3v) is 3.55. The molecule has 0 aliphatic carbocycles. The quantitative estimate of drug-likeness (QED) is 0.826. The van der Waals surface area contributed by atoms with Crippen LogP contribution in [-0.4, -0.2) is 35.9 Å². The zero-order chi connectivity index (χ0) is 13.1.